The summed E-state index contributed by atoms with van der Waals surface area (Å²) < 4.78 is 0. The van der Waals surface area contributed by atoms with E-state index in [2.05, 4.69) is 36.1 Å². The van der Waals surface area contributed by atoms with Crippen LogP contribution in [0.3, 0.4) is 0 Å². The van der Waals surface area contributed by atoms with Gasteiger partial charge in [-0.2, -0.15) is 0 Å². The average Bonchev–Trinajstić information content (AvgIpc) is 3.53. The number of nitrogens with zero attached hydrogens (tertiary/aromatic N) is 1. The molecule has 0 unspecified atom stereocenters. The Morgan fingerprint density at radius 1 is 1.05 bits per heavy atom. The number of imidazole rings is 1. The third-order valence-corrected chi connectivity index (χ3v) is 11.9. The molecule has 0 spiro atoms. The van der Waals surface area contributed by atoms with Crippen LogP contribution in [0.1, 0.15) is 84.3 Å². The number of nitrogens with one attached hydrogen (secondary N) is 2. The fourth-order valence-corrected chi connectivity index (χ4v) is 9.86. The van der Waals surface area contributed by atoms with Crippen LogP contribution in [0.25, 0.3) is 0 Å². The van der Waals surface area contributed by atoms with Gasteiger partial charge in [-0.15, -0.1) is 0 Å². The molecule has 9 heteroatoms. The van der Waals surface area contributed by atoms with Crippen LogP contribution in [0, 0.1) is 46.3 Å². The molecule has 0 aliphatic heterocycles. The maximum atomic E-state index is 12.7. The van der Waals surface area contributed by atoms with Crippen molar-refractivity contribution in [2.75, 3.05) is 0 Å². The van der Waals surface area contributed by atoms with Gasteiger partial charge < -0.3 is 30.7 Å². The number of carboxylic acids is 1. The molecular weight excluding hydrogens is 498 g/mol. The number of aromatic amines is 1. The van der Waals surface area contributed by atoms with Gasteiger partial charge in [0, 0.05) is 24.7 Å². The largest absolute Gasteiger partial charge is 0.480 e. The number of hydrogen-bond donors (Lipinski definition) is 6. The highest BCUT2D eigenvalue weighted by atomic mass is 16.4. The van der Waals surface area contributed by atoms with E-state index in [4.69, 9.17) is 0 Å². The molecule has 1 aromatic heterocycles. The summed E-state index contributed by atoms with van der Waals surface area (Å²) in [4.78, 5) is 31.3. The molecule has 0 saturated heterocycles. The van der Waals surface area contributed by atoms with E-state index in [-0.39, 0.29) is 53.4 Å². The van der Waals surface area contributed by atoms with Gasteiger partial charge >= 0.3 is 5.97 Å². The Morgan fingerprint density at radius 2 is 1.77 bits per heavy atom. The molecule has 6 N–H and O–H groups in total. The minimum atomic E-state index is -1.06. The van der Waals surface area contributed by atoms with E-state index in [0.717, 1.165) is 38.5 Å². The quantitative estimate of drug-likeness (QED) is 0.293. The number of aromatic nitrogens is 2. The minimum absolute atomic E-state index is 0.0410. The van der Waals surface area contributed by atoms with Gasteiger partial charge in [-0.05, 0) is 97.7 Å². The predicted molar refractivity (Wildman–Crippen MR) is 144 cm³/mol. The van der Waals surface area contributed by atoms with Crippen molar-refractivity contribution in [3.05, 3.63) is 18.2 Å². The molecule has 218 valence electrons. The average molecular weight is 546 g/mol. The summed E-state index contributed by atoms with van der Waals surface area (Å²) in [6.07, 6.45) is 8.68. The van der Waals surface area contributed by atoms with Crippen LogP contribution in [0.5, 0.6) is 0 Å². The number of aliphatic carboxylic acids is 1. The number of carbonyl (C=O) groups excluding carboxylic acids is 1. The van der Waals surface area contributed by atoms with Gasteiger partial charge in [-0.1, -0.05) is 20.8 Å². The van der Waals surface area contributed by atoms with Gasteiger partial charge in [-0.25, -0.2) is 9.78 Å². The Kier molecular flexibility index (Phi) is 7.90. The van der Waals surface area contributed by atoms with Crippen molar-refractivity contribution < 1.29 is 30.0 Å². The molecule has 4 aliphatic carbocycles. The first-order valence-corrected chi connectivity index (χ1v) is 15.0. The maximum absolute atomic E-state index is 12.7. The van der Waals surface area contributed by atoms with Gasteiger partial charge in [0.2, 0.25) is 5.91 Å². The molecule has 1 amide bonds. The highest BCUT2D eigenvalue weighted by Crippen LogP contribution is 2.68. The molecule has 4 saturated carbocycles. The van der Waals surface area contributed by atoms with Crippen LogP contribution in [0.2, 0.25) is 0 Å². The lowest BCUT2D eigenvalue weighted by Gasteiger charge is -2.63. The Hall–Kier alpha value is -1.97. The van der Waals surface area contributed by atoms with Crippen LogP contribution in [-0.4, -0.2) is 66.6 Å². The number of fused-ring (bicyclic) bond motifs is 5. The molecule has 12 atom stereocenters. The molecule has 9 nitrogen and oxygen atoms in total. The Balaban J connectivity index is 1.23. The zero-order chi connectivity index (χ0) is 28.1. The lowest BCUT2D eigenvalue weighted by atomic mass is 9.43. The normalized spacial score (nSPS) is 43.0. The molecule has 1 aromatic rings. The Morgan fingerprint density at radius 3 is 2.46 bits per heavy atom. The van der Waals surface area contributed by atoms with Crippen LogP contribution in [0.4, 0.5) is 0 Å². The summed E-state index contributed by atoms with van der Waals surface area (Å²) in [7, 11) is 0. The zero-order valence-corrected chi connectivity index (χ0v) is 23.6. The van der Waals surface area contributed by atoms with Gasteiger partial charge in [-0.3, -0.25) is 4.79 Å². The minimum Gasteiger partial charge on any atom is -0.480 e. The van der Waals surface area contributed by atoms with E-state index in [1.807, 2.05) is 0 Å². The van der Waals surface area contributed by atoms with Gasteiger partial charge in [0.15, 0.2) is 0 Å². The molecule has 0 radical (unpaired) electrons. The first-order chi connectivity index (χ1) is 18.5. The number of amides is 1. The number of aliphatic hydroxyl groups is 3. The molecular formula is C30H47N3O6. The number of carbonyl (C=O) groups is 2. The third-order valence-electron chi connectivity index (χ3n) is 11.9. The molecule has 1 heterocycles. The lowest BCUT2D eigenvalue weighted by Crippen LogP contribution is -2.64. The summed E-state index contributed by atoms with van der Waals surface area (Å²) in [5.74, 6) is 0.0872. The standard InChI is InChI=1S/C30H47N3O6/c1-16(4-7-24(35)33-23(28(38)39)12-17-14-31-15-32-17)19-5-6-20-25-21(9-11-29(19,20)2)30(3)10-8-18(34)13-22(30)26(36)27(25)37/h14-16,18-23,25-27,34,36-37H,4-13H2,1-3H3,(H,31,32)(H,33,35)(H,38,39)/t16-,18-,19-,20+,21+,22+,23+,25+,26+,27-,29-,30-/m1/s1. The van der Waals surface area contributed by atoms with Gasteiger partial charge in [0.25, 0.3) is 0 Å². The van der Waals surface area contributed by atoms with E-state index in [1.54, 1.807) is 6.20 Å². The second-order valence-corrected chi connectivity index (χ2v) is 13.8. The zero-order valence-electron chi connectivity index (χ0n) is 23.6. The van der Waals surface area contributed by atoms with E-state index < -0.39 is 24.2 Å². The highest BCUT2D eigenvalue weighted by Gasteiger charge is 2.65. The SMILES string of the molecule is C[C@H](CCC(=O)N[C@@H](Cc1cnc[nH]1)C(=O)O)[C@H]1CC[C@H]2[C@@H]3[C@@H](O)[C@@H](O)[C@@H]4C[C@H](O)CC[C@]4(C)[C@H]3CC[C@]12C. The lowest BCUT2D eigenvalue weighted by molar-refractivity contribution is -0.223. The second kappa shape index (κ2) is 10.8. The Bertz CT molecular complexity index is 1030. The van der Waals surface area contributed by atoms with E-state index in [1.165, 1.54) is 6.33 Å². The number of hydrogen-bond acceptors (Lipinski definition) is 6. The van der Waals surface area contributed by atoms with Crippen LogP contribution < -0.4 is 5.32 Å². The number of rotatable bonds is 8. The second-order valence-electron chi connectivity index (χ2n) is 13.8. The maximum Gasteiger partial charge on any atom is 0.326 e. The first-order valence-electron chi connectivity index (χ1n) is 15.0. The smallest absolute Gasteiger partial charge is 0.326 e. The summed E-state index contributed by atoms with van der Waals surface area (Å²) in [6, 6.07) is -0.998. The van der Waals surface area contributed by atoms with Crippen molar-refractivity contribution in [1.82, 2.24) is 15.3 Å². The van der Waals surface area contributed by atoms with Crippen LogP contribution in [0.15, 0.2) is 12.5 Å². The number of aliphatic hydroxyl groups excluding tert-OH is 3. The first kappa shape index (κ1) is 28.6. The fourth-order valence-electron chi connectivity index (χ4n) is 9.86. The van der Waals surface area contributed by atoms with E-state index >= 15 is 0 Å². The molecule has 0 aromatic carbocycles. The van der Waals surface area contributed by atoms with E-state index in [0.29, 0.717) is 36.3 Å². The Labute approximate surface area is 231 Å². The summed E-state index contributed by atoms with van der Waals surface area (Å²) >= 11 is 0. The van der Waals surface area contributed by atoms with Crippen molar-refractivity contribution >= 4 is 11.9 Å². The van der Waals surface area contributed by atoms with Gasteiger partial charge in [0.05, 0.1) is 24.6 Å². The van der Waals surface area contributed by atoms with E-state index in [9.17, 15) is 30.0 Å². The van der Waals surface area contributed by atoms with Crippen molar-refractivity contribution in [1.29, 1.82) is 0 Å². The van der Waals surface area contributed by atoms with Crippen molar-refractivity contribution in [3.8, 4) is 0 Å². The molecule has 4 aliphatic rings. The van der Waals surface area contributed by atoms with Gasteiger partial charge in [0.1, 0.15) is 6.04 Å². The van der Waals surface area contributed by atoms with Crippen molar-refractivity contribution in [3.63, 3.8) is 0 Å². The van der Waals surface area contributed by atoms with Crippen LogP contribution in [-0.2, 0) is 16.0 Å². The highest BCUT2D eigenvalue weighted by molar-refractivity contribution is 5.83. The molecule has 4 fully saturated rings. The fraction of sp³-hybridized carbons (Fsp3) is 0.833. The monoisotopic (exact) mass is 545 g/mol. The summed E-state index contributed by atoms with van der Waals surface area (Å²) in [5.41, 5.74) is 0.651. The summed E-state index contributed by atoms with van der Waals surface area (Å²) in [6.45, 7) is 6.87. The van der Waals surface area contributed by atoms with Crippen LogP contribution >= 0.6 is 0 Å². The third kappa shape index (κ3) is 5.04. The summed E-state index contributed by atoms with van der Waals surface area (Å²) in [5, 5.41) is 45.3. The molecule has 39 heavy (non-hydrogen) atoms. The predicted octanol–water partition coefficient (Wildman–Crippen LogP) is 2.90. The number of H-pyrrole nitrogens is 1. The number of carboxylic acid groups (broad SMARTS) is 1. The van der Waals surface area contributed by atoms with Crippen molar-refractivity contribution in [2.45, 2.75) is 109 Å². The molecule has 0 bridgehead atoms. The van der Waals surface area contributed by atoms with Crippen molar-refractivity contribution in [2.24, 2.45) is 46.3 Å². The molecule has 5 rings (SSSR count). The topological polar surface area (TPSA) is 156 Å².